The Bertz CT molecular complexity index is 657. The zero-order chi connectivity index (χ0) is 33.8. The van der Waals surface area contributed by atoms with E-state index in [4.69, 9.17) is 36.1 Å². The van der Waals surface area contributed by atoms with Crippen LogP contribution in [0.3, 0.4) is 0 Å². The molecule has 1 fully saturated rings. The van der Waals surface area contributed by atoms with Gasteiger partial charge in [0.1, 0.15) is 16.8 Å². The first-order valence-corrected chi connectivity index (χ1v) is 19.4. The van der Waals surface area contributed by atoms with Gasteiger partial charge in [-0.2, -0.15) is 0 Å². The van der Waals surface area contributed by atoms with Gasteiger partial charge in [-0.3, -0.25) is 4.79 Å². The van der Waals surface area contributed by atoms with Crippen LogP contribution in [-0.4, -0.2) is 90.9 Å². The lowest BCUT2D eigenvalue weighted by atomic mass is 10.2. The molecule has 0 aromatic heterocycles. The molecule has 43 heavy (non-hydrogen) atoms. The van der Waals surface area contributed by atoms with Gasteiger partial charge < -0.3 is 40.9 Å². The van der Waals surface area contributed by atoms with Crippen molar-refractivity contribution in [3.05, 3.63) is 0 Å². The Kier molecular flexibility index (Phi) is 31.5. The summed E-state index contributed by atoms with van der Waals surface area (Å²) in [7, 11) is 7.10. The van der Waals surface area contributed by atoms with Crippen LogP contribution in [-0.2, 0) is 28.5 Å². The highest BCUT2D eigenvalue weighted by atomic mass is 33.1. The molecule has 0 amide bonds. The smallest absolute Gasteiger partial charge is 0.460 e. The van der Waals surface area contributed by atoms with E-state index in [2.05, 4.69) is 4.74 Å². The molecule has 0 aromatic rings. The molecule has 0 aromatic carbocycles. The Morgan fingerprint density at radius 2 is 0.953 bits per heavy atom. The van der Waals surface area contributed by atoms with E-state index in [1.54, 1.807) is 84.7 Å². The normalized spacial score (nSPS) is 12.7. The Hall–Kier alpha value is -0.550. The summed E-state index contributed by atoms with van der Waals surface area (Å²) in [5.74, 6) is 3.91. The highest BCUT2D eigenvalue weighted by Gasteiger charge is 2.24. The maximum atomic E-state index is 11.3. The van der Waals surface area contributed by atoms with Crippen molar-refractivity contribution in [1.82, 2.24) is 0 Å². The van der Waals surface area contributed by atoms with E-state index in [1.807, 2.05) is 20.8 Å². The average molecular weight is 694 g/mol. The Labute approximate surface area is 276 Å². The zero-order valence-electron chi connectivity index (χ0n) is 27.8. The zero-order valence-corrected chi connectivity index (χ0v) is 31.1. The van der Waals surface area contributed by atoms with Gasteiger partial charge in [-0.1, -0.05) is 43.2 Å². The predicted octanol–water partition coefficient (Wildman–Crippen LogP) is 6.40. The summed E-state index contributed by atoms with van der Waals surface area (Å²) in [6, 6.07) is 0. The van der Waals surface area contributed by atoms with E-state index in [9.17, 15) is 14.4 Å². The van der Waals surface area contributed by atoms with Crippen molar-refractivity contribution in [2.45, 2.75) is 105 Å². The first-order chi connectivity index (χ1) is 19.9. The fourth-order valence-electron chi connectivity index (χ4n) is 2.17. The highest BCUT2D eigenvalue weighted by Crippen LogP contribution is 2.22. The number of rotatable bonds is 12. The molecular weight excluding hydrogens is 635 g/mol. The molecule has 1 heterocycles. The molecule has 1 rings (SSSR count). The van der Waals surface area contributed by atoms with Crippen molar-refractivity contribution >= 4 is 61.5 Å². The van der Waals surface area contributed by atoms with Gasteiger partial charge in [-0.25, -0.2) is 9.59 Å². The molecular formula is C28H59N3O8S4. The summed E-state index contributed by atoms with van der Waals surface area (Å²) in [5.41, 5.74) is 14.1. The SMILES string of the molecule is C1CCOC1.CC(C)(C)OC(=O)CCCSSCCN.CC(C)(C)OC(=O)OC(=O)OC(C)(C)C.NCCSSCCN. The van der Waals surface area contributed by atoms with Gasteiger partial charge in [0.25, 0.3) is 0 Å². The van der Waals surface area contributed by atoms with E-state index in [0.717, 1.165) is 55.7 Å². The fourth-order valence-corrected chi connectivity index (χ4v) is 5.82. The second kappa shape index (κ2) is 28.9. The number of carbonyl (C=O) groups is 3. The van der Waals surface area contributed by atoms with E-state index in [0.29, 0.717) is 13.0 Å². The monoisotopic (exact) mass is 693 g/mol. The molecule has 1 aliphatic heterocycles. The molecule has 1 aliphatic rings. The largest absolute Gasteiger partial charge is 0.519 e. The van der Waals surface area contributed by atoms with Gasteiger partial charge >= 0.3 is 18.3 Å². The van der Waals surface area contributed by atoms with Gasteiger partial charge in [-0.15, -0.1) is 0 Å². The van der Waals surface area contributed by atoms with Gasteiger partial charge in [0.2, 0.25) is 0 Å². The summed E-state index contributed by atoms with van der Waals surface area (Å²) in [6.07, 6.45) is 1.82. The van der Waals surface area contributed by atoms with Crippen LogP contribution < -0.4 is 17.2 Å². The lowest BCUT2D eigenvalue weighted by molar-refractivity contribution is -0.154. The Balaban J connectivity index is -0.000000533. The lowest BCUT2D eigenvalue weighted by Gasteiger charge is -2.20. The van der Waals surface area contributed by atoms with Gasteiger partial charge in [0.05, 0.1) is 0 Å². The molecule has 11 nitrogen and oxygen atoms in total. The molecule has 0 atom stereocenters. The number of esters is 1. The first-order valence-electron chi connectivity index (χ1n) is 14.4. The minimum absolute atomic E-state index is 0.105. The second-order valence-corrected chi connectivity index (χ2v) is 17.1. The van der Waals surface area contributed by atoms with Gasteiger partial charge in [-0.05, 0) is 81.6 Å². The topological polar surface area (TPSA) is 175 Å². The van der Waals surface area contributed by atoms with E-state index >= 15 is 0 Å². The Morgan fingerprint density at radius 3 is 1.23 bits per heavy atom. The summed E-state index contributed by atoms with van der Waals surface area (Å²) in [5, 5.41) is 0. The van der Waals surface area contributed by atoms with Crippen LogP contribution >= 0.6 is 43.2 Å². The van der Waals surface area contributed by atoms with E-state index in [-0.39, 0.29) is 11.6 Å². The van der Waals surface area contributed by atoms with Gasteiger partial charge in [0.15, 0.2) is 0 Å². The summed E-state index contributed by atoms with van der Waals surface area (Å²) < 4.78 is 23.9. The number of carbonyl (C=O) groups excluding carboxylic acids is 3. The number of hydrogen-bond donors (Lipinski definition) is 3. The number of ether oxygens (including phenoxy) is 5. The molecule has 6 N–H and O–H groups in total. The molecule has 15 heteroatoms. The third kappa shape index (κ3) is 48.6. The van der Waals surface area contributed by atoms with Crippen molar-refractivity contribution in [1.29, 1.82) is 0 Å². The summed E-state index contributed by atoms with van der Waals surface area (Å²) >= 11 is 0. The molecule has 0 unspecified atom stereocenters. The average Bonchev–Trinajstić information content (AvgIpc) is 3.42. The van der Waals surface area contributed by atoms with Crippen molar-refractivity contribution in [3.8, 4) is 0 Å². The minimum Gasteiger partial charge on any atom is -0.460 e. The summed E-state index contributed by atoms with van der Waals surface area (Å²) in [4.78, 5) is 33.3. The van der Waals surface area contributed by atoms with Crippen LogP contribution in [0.4, 0.5) is 9.59 Å². The van der Waals surface area contributed by atoms with Crippen LogP contribution in [0.2, 0.25) is 0 Å². The molecule has 0 radical (unpaired) electrons. The number of nitrogens with two attached hydrogens (primary N) is 3. The molecule has 258 valence electrons. The first kappa shape index (κ1) is 46.9. The van der Waals surface area contributed by atoms with Crippen LogP contribution in [0.5, 0.6) is 0 Å². The minimum atomic E-state index is -1.06. The van der Waals surface area contributed by atoms with Crippen LogP contribution in [0, 0.1) is 0 Å². The van der Waals surface area contributed by atoms with Gasteiger partial charge in [0, 0.05) is 62.3 Å². The molecule has 0 bridgehead atoms. The summed E-state index contributed by atoms with van der Waals surface area (Å²) in [6.45, 7) is 19.9. The standard InChI is InChI=1S/C10H21NO2S2.C10H18O5.C4H12N2S2.C4H8O/c1-10(2,3)13-9(12)5-4-7-14-15-8-6-11;1-9(2,3)14-7(11)13-8(12)15-10(4,5)6;5-1-3-7-8-4-2-6;1-2-4-5-3-1/h4-8,11H2,1-3H3;1-6H3;1-6H2;1-4H2. The lowest BCUT2D eigenvalue weighted by Crippen LogP contribution is -2.29. The van der Waals surface area contributed by atoms with E-state index < -0.39 is 23.5 Å². The van der Waals surface area contributed by atoms with E-state index in [1.165, 1.54) is 12.8 Å². The maximum Gasteiger partial charge on any atom is 0.519 e. The molecule has 0 aliphatic carbocycles. The third-order valence-corrected chi connectivity index (χ3v) is 8.57. The maximum absolute atomic E-state index is 11.3. The van der Waals surface area contributed by atoms with Crippen molar-refractivity contribution in [2.75, 3.05) is 55.9 Å². The highest BCUT2D eigenvalue weighted by molar-refractivity contribution is 8.77. The molecule has 1 saturated heterocycles. The predicted molar refractivity (Wildman–Crippen MR) is 186 cm³/mol. The van der Waals surface area contributed by atoms with Crippen molar-refractivity contribution in [2.24, 2.45) is 17.2 Å². The Morgan fingerprint density at radius 1 is 0.605 bits per heavy atom. The van der Waals surface area contributed by atoms with Crippen LogP contribution in [0.15, 0.2) is 0 Å². The third-order valence-electron chi connectivity index (χ3n) is 3.57. The fraction of sp³-hybridized carbons (Fsp3) is 0.893. The second-order valence-electron chi connectivity index (χ2n) is 11.7. The van der Waals surface area contributed by atoms with Crippen LogP contribution in [0.1, 0.15) is 88.0 Å². The van der Waals surface area contributed by atoms with Crippen molar-refractivity contribution in [3.63, 3.8) is 0 Å². The van der Waals surface area contributed by atoms with Crippen LogP contribution in [0.25, 0.3) is 0 Å². The molecule has 0 spiro atoms. The quantitative estimate of drug-likeness (QED) is 0.0672. The number of hydrogen-bond acceptors (Lipinski definition) is 15. The molecule has 0 saturated carbocycles. The van der Waals surface area contributed by atoms with Crippen molar-refractivity contribution < 1.29 is 38.1 Å².